The Morgan fingerprint density at radius 2 is 1.94 bits per heavy atom. The maximum atomic E-state index is 15.2. The smallest absolute Gasteiger partial charge is 0.263 e. The highest BCUT2D eigenvalue weighted by molar-refractivity contribution is 8.18. The minimum atomic E-state index is -1.30. The topological polar surface area (TPSA) is 81.1 Å². The van der Waals surface area contributed by atoms with Crippen LogP contribution in [0.1, 0.15) is 70.5 Å². The number of thioether (sulfide) groups is 1. The molecular formula is C34H38Cl2F2N6O2S. The third-order valence-electron chi connectivity index (χ3n) is 10.4. The second-order valence-electron chi connectivity index (χ2n) is 13.8. The first-order valence-electron chi connectivity index (χ1n) is 16.2. The van der Waals surface area contributed by atoms with Crippen molar-refractivity contribution in [2.24, 2.45) is 10.9 Å². The van der Waals surface area contributed by atoms with E-state index in [-0.39, 0.29) is 47.3 Å². The van der Waals surface area contributed by atoms with Gasteiger partial charge in [-0.2, -0.15) is 0 Å². The number of fused-ring (bicyclic) bond motifs is 1. The van der Waals surface area contributed by atoms with E-state index in [2.05, 4.69) is 10.3 Å². The van der Waals surface area contributed by atoms with Crippen LogP contribution in [-0.4, -0.2) is 80.1 Å². The summed E-state index contributed by atoms with van der Waals surface area (Å²) >= 11 is 13.4. The zero-order valence-electron chi connectivity index (χ0n) is 26.8. The van der Waals surface area contributed by atoms with Gasteiger partial charge in [-0.1, -0.05) is 56.1 Å². The third kappa shape index (κ3) is 5.55. The van der Waals surface area contributed by atoms with Crippen LogP contribution in [0, 0.1) is 11.7 Å². The van der Waals surface area contributed by atoms with Gasteiger partial charge in [-0.05, 0) is 67.6 Å². The highest BCUT2D eigenvalue weighted by Gasteiger charge is 2.56. The normalized spacial score (nSPS) is 29.6. The largest absolute Gasteiger partial charge is 0.335 e. The van der Waals surface area contributed by atoms with Crippen LogP contribution in [0.15, 0.2) is 52.1 Å². The average Bonchev–Trinajstić information content (AvgIpc) is 3.36. The number of pyridine rings is 1. The van der Waals surface area contributed by atoms with Crippen molar-refractivity contribution in [3.8, 4) is 0 Å². The van der Waals surface area contributed by atoms with E-state index in [9.17, 15) is 14.0 Å². The zero-order valence-corrected chi connectivity index (χ0v) is 29.1. The van der Waals surface area contributed by atoms with E-state index in [0.29, 0.717) is 39.6 Å². The van der Waals surface area contributed by atoms with Gasteiger partial charge < -0.3 is 20.0 Å². The van der Waals surface area contributed by atoms with Crippen molar-refractivity contribution >= 4 is 51.9 Å². The highest BCUT2D eigenvalue weighted by atomic mass is 35.5. The van der Waals surface area contributed by atoms with Gasteiger partial charge in [0.1, 0.15) is 33.6 Å². The Balaban J connectivity index is 1.26. The van der Waals surface area contributed by atoms with Crippen LogP contribution in [0.25, 0.3) is 0 Å². The van der Waals surface area contributed by atoms with Gasteiger partial charge in [0, 0.05) is 48.5 Å². The number of amidine groups is 1. The minimum Gasteiger partial charge on any atom is -0.335 e. The Morgan fingerprint density at radius 3 is 2.57 bits per heavy atom. The van der Waals surface area contributed by atoms with Crippen LogP contribution in [0.4, 0.5) is 8.78 Å². The van der Waals surface area contributed by atoms with Crippen LogP contribution >= 0.6 is 35.0 Å². The van der Waals surface area contributed by atoms with Crippen LogP contribution in [-0.2, 0) is 15.1 Å². The summed E-state index contributed by atoms with van der Waals surface area (Å²) in [4.78, 5) is 43.9. The fraction of sp³-hybridized carbons (Fsp3) is 0.529. The molecular weight excluding hydrogens is 665 g/mol. The Kier molecular flexibility index (Phi) is 8.37. The number of alkyl halides is 1. The lowest BCUT2D eigenvalue weighted by molar-refractivity contribution is -0.145. The molecule has 0 radical (unpaired) electrons. The molecule has 2 amide bonds. The lowest BCUT2D eigenvalue weighted by Gasteiger charge is -2.42. The SMILES string of the molecule is CC[C@H]1CNC2(CC2)CN1C(=O)[C@@H]1C[C@@H](F)CN1C(=O)C1=C(C(C)C)N2C(=N[C@@](C)(c3ccc(Cl)nc3)[C@H]2c2ccc(Cl)c(F)c2)S1. The van der Waals surface area contributed by atoms with Gasteiger partial charge in [-0.3, -0.25) is 9.59 Å². The summed E-state index contributed by atoms with van der Waals surface area (Å²) in [5.74, 6) is -1.28. The molecule has 1 spiro atoms. The Labute approximate surface area is 287 Å². The Hall–Kier alpha value is -2.73. The van der Waals surface area contributed by atoms with Crippen LogP contribution in [0.3, 0.4) is 0 Å². The molecule has 1 aromatic carbocycles. The molecule has 1 aromatic heterocycles. The molecule has 7 rings (SSSR count). The molecule has 5 aliphatic rings. The average molecular weight is 704 g/mol. The zero-order chi connectivity index (χ0) is 33.4. The van der Waals surface area contributed by atoms with Crippen LogP contribution in [0.2, 0.25) is 10.2 Å². The molecule has 3 fully saturated rings. The lowest BCUT2D eigenvalue weighted by Crippen LogP contribution is -2.62. The quantitative estimate of drug-likeness (QED) is 0.349. The van der Waals surface area contributed by atoms with Crippen molar-refractivity contribution in [1.82, 2.24) is 25.0 Å². The monoisotopic (exact) mass is 702 g/mol. The van der Waals surface area contributed by atoms with Gasteiger partial charge in [-0.15, -0.1) is 0 Å². The number of hydrogen-bond acceptors (Lipinski definition) is 7. The molecule has 2 saturated heterocycles. The molecule has 250 valence electrons. The van der Waals surface area contributed by atoms with E-state index in [4.69, 9.17) is 28.2 Å². The Morgan fingerprint density at radius 1 is 1.17 bits per heavy atom. The van der Waals surface area contributed by atoms with Crippen LogP contribution < -0.4 is 5.32 Å². The number of nitrogens with one attached hydrogen (secondary N) is 1. The standard InChI is InChI=1S/C34H38Cl2F2N6O2S/c1-5-22-15-40-34(10-11-34)17-43(22)30(45)25-13-21(37)16-42(25)31(46)28-27(18(2)3)44-29(19-6-8-23(35)24(38)12-19)33(4,41-32(44)47-28)20-7-9-26(36)39-14-20/h6-9,12,14,18,21-22,25,29,40H,5,10-11,13,15-17H2,1-4H3/t21-,22+,25+,29-,33+/m1/s1. The van der Waals surface area contributed by atoms with Gasteiger partial charge >= 0.3 is 0 Å². The first kappa shape index (κ1) is 32.8. The molecule has 2 aromatic rings. The van der Waals surface area contributed by atoms with E-state index < -0.39 is 29.6 Å². The number of carbonyl (C=O) groups excluding carboxylic acids is 2. The summed E-state index contributed by atoms with van der Waals surface area (Å²) in [5, 5.41) is 4.50. The second kappa shape index (κ2) is 12.0. The maximum Gasteiger partial charge on any atom is 0.263 e. The second-order valence-corrected chi connectivity index (χ2v) is 15.6. The maximum absolute atomic E-state index is 15.2. The van der Waals surface area contributed by atoms with Crippen molar-refractivity contribution in [1.29, 1.82) is 0 Å². The Bertz CT molecular complexity index is 1680. The van der Waals surface area contributed by atoms with Crippen molar-refractivity contribution in [3.63, 3.8) is 0 Å². The predicted octanol–water partition coefficient (Wildman–Crippen LogP) is 6.45. The molecule has 5 heterocycles. The molecule has 4 aliphatic heterocycles. The number of hydrogen-bond donors (Lipinski definition) is 1. The van der Waals surface area contributed by atoms with Gasteiger partial charge in [-0.25, -0.2) is 18.8 Å². The summed E-state index contributed by atoms with van der Waals surface area (Å²) in [6, 6.07) is 6.79. The summed E-state index contributed by atoms with van der Waals surface area (Å²) < 4.78 is 30.2. The van der Waals surface area contributed by atoms with E-state index in [1.165, 1.54) is 28.8 Å². The summed E-state index contributed by atoms with van der Waals surface area (Å²) in [7, 11) is 0. The predicted molar refractivity (Wildman–Crippen MR) is 180 cm³/mol. The molecule has 1 N–H and O–H groups in total. The first-order chi connectivity index (χ1) is 22.4. The summed E-state index contributed by atoms with van der Waals surface area (Å²) in [6.07, 6.45) is 3.13. The number of nitrogens with zero attached hydrogens (tertiary/aromatic N) is 5. The number of halogens is 4. The number of amides is 2. The van der Waals surface area contributed by atoms with E-state index in [1.54, 1.807) is 18.3 Å². The van der Waals surface area contributed by atoms with E-state index >= 15 is 4.39 Å². The number of rotatable bonds is 6. The van der Waals surface area contributed by atoms with Crippen molar-refractivity contribution < 1.29 is 18.4 Å². The number of carbonyl (C=O) groups is 2. The molecule has 0 bridgehead atoms. The molecule has 1 aliphatic carbocycles. The molecule has 13 heteroatoms. The number of piperazine rings is 1. The number of benzene rings is 1. The fourth-order valence-corrected chi connectivity index (χ4v) is 9.21. The molecule has 8 nitrogen and oxygen atoms in total. The third-order valence-corrected chi connectivity index (χ3v) is 11.9. The van der Waals surface area contributed by atoms with Gasteiger partial charge in [0.05, 0.1) is 17.6 Å². The van der Waals surface area contributed by atoms with Crippen molar-refractivity contribution in [2.45, 2.75) is 88.8 Å². The summed E-state index contributed by atoms with van der Waals surface area (Å²) in [6.45, 7) is 9.10. The van der Waals surface area contributed by atoms with Gasteiger partial charge in [0.25, 0.3) is 5.91 Å². The van der Waals surface area contributed by atoms with Gasteiger partial charge in [0.2, 0.25) is 5.91 Å². The molecule has 1 saturated carbocycles. The molecule has 47 heavy (non-hydrogen) atoms. The highest BCUT2D eigenvalue weighted by Crippen LogP contribution is 2.56. The van der Waals surface area contributed by atoms with Crippen LogP contribution in [0.5, 0.6) is 0 Å². The number of aromatic nitrogens is 1. The summed E-state index contributed by atoms with van der Waals surface area (Å²) in [5.41, 5.74) is 1.10. The number of allylic oxidation sites excluding steroid dienone is 1. The van der Waals surface area contributed by atoms with Gasteiger partial charge in [0.15, 0.2) is 5.17 Å². The lowest BCUT2D eigenvalue weighted by atomic mass is 9.81. The number of aliphatic imine (C=N–C) groups is 1. The number of likely N-dealkylation sites (tertiary alicyclic amines) is 1. The molecule has 5 atom stereocenters. The minimum absolute atomic E-state index is 0.00182. The van der Waals surface area contributed by atoms with Crippen molar-refractivity contribution in [3.05, 3.63) is 74.3 Å². The first-order valence-corrected chi connectivity index (χ1v) is 17.8. The fourth-order valence-electron chi connectivity index (χ4n) is 7.62. The van der Waals surface area contributed by atoms with Crippen molar-refractivity contribution in [2.75, 3.05) is 19.6 Å². The molecule has 0 unspecified atom stereocenters. The van der Waals surface area contributed by atoms with E-state index in [0.717, 1.165) is 24.8 Å². The van der Waals surface area contributed by atoms with E-state index in [1.807, 2.05) is 43.6 Å².